The molecule has 0 spiro atoms. The van der Waals surface area contributed by atoms with Crippen molar-refractivity contribution in [3.05, 3.63) is 90.0 Å². The first-order valence-electron chi connectivity index (χ1n) is 11.1. The molecule has 0 aliphatic heterocycles. The predicted molar refractivity (Wildman–Crippen MR) is 132 cm³/mol. The molecule has 0 saturated carbocycles. The Morgan fingerprint density at radius 2 is 1.50 bits per heavy atom. The van der Waals surface area contributed by atoms with Gasteiger partial charge in [0.05, 0.1) is 17.1 Å². The molecule has 10 heteroatoms. The number of para-hydroxylation sites is 1. The van der Waals surface area contributed by atoms with Gasteiger partial charge in [-0.05, 0) is 61.0 Å². The number of nitrogens with zero attached hydrogens (tertiary/aromatic N) is 1. The van der Waals surface area contributed by atoms with Crippen molar-refractivity contribution in [2.75, 3.05) is 16.0 Å². The van der Waals surface area contributed by atoms with Crippen LogP contribution in [-0.2, 0) is 21.1 Å². The van der Waals surface area contributed by atoms with Gasteiger partial charge in [0.15, 0.2) is 9.84 Å². The van der Waals surface area contributed by atoms with Crippen molar-refractivity contribution in [3.63, 3.8) is 0 Å². The summed E-state index contributed by atoms with van der Waals surface area (Å²) in [5, 5.41) is 2.66. The highest BCUT2D eigenvalue weighted by molar-refractivity contribution is 7.91. The number of rotatable bonds is 8. The minimum Gasteiger partial charge on any atom is -0.326 e. The number of halogens is 3. The third kappa shape index (κ3) is 6.51. The zero-order valence-electron chi connectivity index (χ0n) is 19.6. The first-order valence-corrected chi connectivity index (χ1v) is 12.7. The molecule has 36 heavy (non-hydrogen) atoms. The van der Waals surface area contributed by atoms with Crippen LogP contribution >= 0.6 is 0 Å². The van der Waals surface area contributed by atoms with Crippen LogP contribution in [0.1, 0.15) is 29.8 Å². The van der Waals surface area contributed by atoms with Crippen LogP contribution in [0, 0.1) is 0 Å². The van der Waals surface area contributed by atoms with Crippen molar-refractivity contribution >= 4 is 33.0 Å². The largest absolute Gasteiger partial charge is 0.408 e. The minimum absolute atomic E-state index is 0.0159. The lowest BCUT2D eigenvalue weighted by atomic mass is 10.1. The van der Waals surface area contributed by atoms with Crippen molar-refractivity contribution < 1.29 is 31.2 Å². The fraction of sp³-hybridized carbons (Fsp3) is 0.231. The Morgan fingerprint density at radius 3 is 2.03 bits per heavy atom. The highest BCUT2D eigenvalue weighted by atomic mass is 32.2. The summed E-state index contributed by atoms with van der Waals surface area (Å²) in [6.07, 6.45) is -4.64. The van der Waals surface area contributed by atoms with E-state index in [-0.39, 0.29) is 34.2 Å². The number of hydrogen-bond acceptors (Lipinski definition) is 4. The molecule has 1 N–H and O–H groups in total. The van der Waals surface area contributed by atoms with Gasteiger partial charge in [-0.25, -0.2) is 8.42 Å². The van der Waals surface area contributed by atoms with Gasteiger partial charge >= 0.3 is 6.18 Å². The molecule has 0 saturated heterocycles. The summed E-state index contributed by atoms with van der Waals surface area (Å²) in [5.41, 5.74) is 1.11. The number of nitrogens with one attached hydrogen (secondary N) is 1. The number of carbonyl (C=O) groups is 2. The number of anilines is 2. The number of hydrogen-bond donors (Lipinski definition) is 1. The lowest BCUT2D eigenvalue weighted by Gasteiger charge is -2.31. The zero-order chi connectivity index (χ0) is 26.5. The normalized spacial score (nSPS) is 12.6. The SMILES string of the molecule is CCS(=O)(=O)c1ccc(CC(=O)Nc2ccc(C(=O)N(c3ccccc3)C(C)C(F)(F)F)cc2)cc1. The van der Waals surface area contributed by atoms with Gasteiger partial charge in [-0.2, -0.15) is 13.2 Å². The summed E-state index contributed by atoms with van der Waals surface area (Å²) in [7, 11) is -3.33. The Bertz CT molecular complexity index is 1310. The van der Waals surface area contributed by atoms with Gasteiger partial charge in [0.25, 0.3) is 5.91 Å². The standard InChI is InChI=1S/C26H25F3N2O4S/c1-3-36(34,35)23-15-9-19(10-16-23)17-24(32)30-21-13-11-20(12-14-21)25(33)31(18(2)26(27,28)29)22-7-5-4-6-8-22/h4-16,18H,3,17H2,1-2H3,(H,30,32). The topological polar surface area (TPSA) is 83.5 Å². The predicted octanol–water partition coefficient (Wildman–Crippen LogP) is 5.26. The maximum atomic E-state index is 13.5. The Labute approximate surface area is 207 Å². The summed E-state index contributed by atoms with van der Waals surface area (Å²) in [4.78, 5) is 26.3. The second-order valence-electron chi connectivity index (χ2n) is 8.08. The van der Waals surface area contributed by atoms with Crippen LogP contribution in [0.2, 0.25) is 0 Å². The summed E-state index contributed by atoms with van der Waals surface area (Å²) < 4.78 is 64.2. The van der Waals surface area contributed by atoms with E-state index in [1.165, 1.54) is 48.5 Å². The van der Waals surface area contributed by atoms with E-state index < -0.39 is 28.0 Å². The fourth-order valence-corrected chi connectivity index (χ4v) is 4.34. The van der Waals surface area contributed by atoms with Gasteiger partial charge in [-0.3, -0.25) is 14.5 Å². The number of amides is 2. The van der Waals surface area contributed by atoms with E-state index in [0.29, 0.717) is 16.2 Å². The molecule has 0 aliphatic carbocycles. The van der Waals surface area contributed by atoms with E-state index in [1.807, 2.05) is 0 Å². The molecular formula is C26H25F3N2O4S. The molecule has 0 fully saturated rings. The average Bonchev–Trinajstić information content (AvgIpc) is 2.85. The number of alkyl halides is 3. The summed E-state index contributed by atoms with van der Waals surface area (Å²) >= 11 is 0. The molecule has 3 aromatic rings. The fourth-order valence-electron chi connectivity index (χ4n) is 3.46. The number of sulfone groups is 1. The van der Waals surface area contributed by atoms with Gasteiger partial charge in [0, 0.05) is 16.9 Å². The van der Waals surface area contributed by atoms with Crippen LogP contribution in [0.5, 0.6) is 0 Å². The molecule has 1 unspecified atom stereocenters. The molecule has 0 aliphatic rings. The summed E-state index contributed by atoms with van der Waals surface area (Å²) in [6, 6.07) is 17.1. The Balaban J connectivity index is 1.71. The monoisotopic (exact) mass is 518 g/mol. The lowest BCUT2D eigenvalue weighted by molar-refractivity contribution is -0.143. The van der Waals surface area contributed by atoms with Crippen molar-refractivity contribution in [1.82, 2.24) is 0 Å². The molecule has 0 bridgehead atoms. The van der Waals surface area contributed by atoms with E-state index in [1.54, 1.807) is 37.3 Å². The van der Waals surface area contributed by atoms with Gasteiger partial charge in [0.2, 0.25) is 5.91 Å². The first-order chi connectivity index (χ1) is 16.9. The molecular weight excluding hydrogens is 493 g/mol. The second-order valence-corrected chi connectivity index (χ2v) is 10.4. The maximum Gasteiger partial charge on any atom is 0.408 e. The number of carbonyl (C=O) groups excluding carboxylic acids is 2. The van der Waals surface area contributed by atoms with Crippen LogP contribution in [-0.4, -0.2) is 38.2 Å². The quantitative estimate of drug-likeness (QED) is 0.441. The molecule has 3 rings (SSSR count). The van der Waals surface area contributed by atoms with Crippen molar-refractivity contribution in [2.24, 2.45) is 0 Å². The van der Waals surface area contributed by atoms with E-state index in [0.717, 1.165) is 6.92 Å². The van der Waals surface area contributed by atoms with Gasteiger partial charge in [0.1, 0.15) is 6.04 Å². The van der Waals surface area contributed by atoms with E-state index in [4.69, 9.17) is 0 Å². The molecule has 6 nitrogen and oxygen atoms in total. The lowest BCUT2D eigenvalue weighted by Crippen LogP contribution is -2.47. The average molecular weight is 519 g/mol. The highest BCUT2D eigenvalue weighted by Gasteiger charge is 2.43. The number of benzene rings is 3. The van der Waals surface area contributed by atoms with Crippen LogP contribution in [0.25, 0.3) is 0 Å². The van der Waals surface area contributed by atoms with Crippen LogP contribution in [0.15, 0.2) is 83.8 Å². The Kier molecular flexibility index (Phi) is 8.19. The smallest absolute Gasteiger partial charge is 0.326 e. The van der Waals surface area contributed by atoms with Gasteiger partial charge < -0.3 is 5.32 Å². The molecule has 2 amide bonds. The minimum atomic E-state index is -4.63. The Hall–Kier alpha value is -3.66. The van der Waals surface area contributed by atoms with Crippen molar-refractivity contribution in [1.29, 1.82) is 0 Å². The summed E-state index contributed by atoms with van der Waals surface area (Å²) in [5.74, 6) is -1.23. The third-order valence-corrected chi connectivity index (χ3v) is 7.31. The summed E-state index contributed by atoms with van der Waals surface area (Å²) in [6.45, 7) is 2.47. The third-order valence-electron chi connectivity index (χ3n) is 5.56. The molecule has 0 aromatic heterocycles. The maximum absolute atomic E-state index is 13.5. The zero-order valence-corrected chi connectivity index (χ0v) is 20.4. The van der Waals surface area contributed by atoms with E-state index >= 15 is 0 Å². The van der Waals surface area contributed by atoms with Crippen molar-refractivity contribution in [2.45, 2.75) is 37.4 Å². The molecule has 3 aromatic carbocycles. The van der Waals surface area contributed by atoms with E-state index in [2.05, 4.69) is 5.32 Å². The molecule has 0 radical (unpaired) electrons. The molecule has 1 atom stereocenters. The molecule has 0 heterocycles. The van der Waals surface area contributed by atoms with Gasteiger partial charge in [-0.15, -0.1) is 0 Å². The second kappa shape index (κ2) is 10.9. The molecule has 190 valence electrons. The van der Waals surface area contributed by atoms with Crippen LogP contribution < -0.4 is 10.2 Å². The van der Waals surface area contributed by atoms with Crippen molar-refractivity contribution in [3.8, 4) is 0 Å². The van der Waals surface area contributed by atoms with Gasteiger partial charge in [-0.1, -0.05) is 37.3 Å². The van der Waals surface area contributed by atoms with Crippen LogP contribution in [0.4, 0.5) is 24.5 Å². The Morgan fingerprint density at radius 1 is 0.917 bits per heavy atom. The first kappa shape index (κ1) is 26.9. The highest BCUT2D eigenvalue weighted by Crippen LogP contribution is 2.30. The van der Waals surface area contributed by atoms with Crippen LogP contribution in [0.3, 0.4) is 0 Å². The van der Waals surface area contributed by atoms with E-state index in [9.17, 15) is 31.2 Å².